The van der Waals surface area contributed by atoms with Crippen molar-refractivity contribution in [2.45, 2.75) is 40.0 Å². The Hall–Kier alpha value is -5.74. The summed E-state index contributed by atoms with van der Waals surface area (Å²) in [5.41, 5.74) is 3.66. The van der Waals surface area contributed by atoms with Crippen LogP contribution in [-0.2, 0) is 35.7 Å². The Balaban J connectivity index is 1.25. The Labute approximate surface area is 300 Å². The summed E-state index contributed by atoms with van der Waals surface area (Å²) in [6.45, 7) is 5.06. The SMILES string of the molecule is CCc1c(N2CCN(C(=O)c3ncnc(C)c3O)CC2)c(=O)n2nc(-c3ccc4c(c3)COC4)nc2n1CC(=O)Nc1ccc(C=C(F)F)cc1Cl. The fraction of sp³-hybridized carbons (Fsp3) is 0.286. The number of piperazine rings is 1. The van der Waals surface area contributed by atoms with Crippen molar-refractivity contribution < 1.29 is 28.2 Å². The lowest BCUT2D eigenvalue weighted by Gasteiger charge is -2.36. The molecule has 5 heterocycles. The number of nitrogens with zero attached hydrogens (tertiary/aromatic N) is 8. The zero-order chi connectivity index (χ0) is 36.7. The minimum absolute atomic E-state index is 0.0630. The van der Waals surface area contributed by atoms with E-state index >= 15 is 0 Å². The summed E-state index contributed by atoms with van der Waals surface area (Å²) in [7, 11) is 0. The van der Waals surface area contributed by atoms with Crippen LogP contribution in [0.4, 0.5) is 20.2 Å². The number of fused-ring (bicyclic) bond motifs is 2. The summed E-state index contributed by atoms with van der Waals surface area (Å²) in [4.78, 5) is 57.3. The molecule has 1 saturated heterocycles. The first-order valence-electron chi connectivity index (χ1n) is 16.4. The largest absolute Gasteiger partial charge is 0.504 e. The van der Waals surface area contributed by atoms with E-state index in [1.54, 1.807) is 16.4 Å². The van der Waals surface area contributed by atoms with Crippen molar-refractivity contribution in [3.8, 4) is 17.1 Å². The van der Waals surface area contributed by atoms with Crippen LogP contribution in [0.2, 0.25) is 5.02 Å². The molecule has 2 aliphatic rings. The third-order valence-corrected chi connectivity index (χ3v) is 9.39. The van der Waals surface area contributed by atoms with Crippen molar-refractivity contribution in [1.29, 1.82) is 0 Å². The van der Waals surface area contributed by atoms with E-state index in [2.05, 4.69) is 20.4 Å². The maximum Gasteiger partial charge on any atom is 0.299 e. The monoisotopic (exact) mass is 731 g/mol. The molecule has 0 saturated carbocycles. The second kappa shape index (κ2) is 14.1. The van der Waals surface area contributed by atoms with Gasteiger partial charge in [-0.3, -0.25) is 14.4 Å². The maximum absolute atomic E-state index is 14.3. The highest BCUT2D eigenvalue weighted by atomic mass is 35.5. The van der Waals surface area contributed by atoms with Gasteiger partial charge in [-0.1, -0.05) is 36.7 Å². The highest BCUT2D eigenvalue weighted by molar-refractivity contribution is 6.33. The van der Waals surface area contributed by atoms with Crippen LogP contribution in [0, 0.1) is 6.92 Å². The van der Waals surface area contributed by atoms with Crippen LogP contribution in [0.5, 0.6) is 5.75 Å². The van der Waals surface area contributed by atoms with Crippen molar-refractivity contribution in [3.05, 3.63) is 98.0 Å². The quantitative estimate of drug-likeness (QED) is 0.234. The summed E-state index contributed by atoms with van der Waals surface area (Å²) in [5, 5.41) is 17.8. The van der Waals surface area contributed by atoms with Gasteiger partial charge in [0, 0.05) is 37.8 Å². The first-order chi connectivity index (χ1) is 25.0. The van der Waals surface area contributed by atoms with Crippen molar-refractivity contribution >= 4 is 46.6 Å². The predicted octanol–water partition coefficient (Wildman–Crippen LogP) is 4.45. The zero-order valence-electron chi connectivity index (χ0n) is 28.1. The van der Waals surface area contributed by atoms with Gasteiger partial charge in [0.2, 0.25) is 11.7 Å². The Morgan fingerprint density at radius 2 is 1.83 bits per heavy atom. The standard InChI is InChI=1S/C35H32ClF2N9O5/c1-3-26-30(44-8-10-45(11-9-44)33(50)29-31(49)19(2)39-18-40-29)34(51)47-35(42-32(43-47)21-5-6-22-16-52-17-23(22)14-21)46(26)15-28(48)41-25-7-4-20(12-24(25)36)13-27(37)38/h4-7,12-14,18,49H,3,8-11,15-17H2,1-2H3,(H,41,48). The maximum atomic E-state index is 14.3. The van der Waals surface area contributed by atoms with Crippen LogP contribution in [0.1, 0.15) is 45.5 Å². The van der Waals surface area contributed by atoms with Gasteiger partial charge in [0.15, 0.2) is 17.3 Å². The Morgan fingerprint density at radius 3 is 2.56 bits per heavy atom. The van der Waals surface area contributed by atoms with E-state index in [-0.39, 0.29) is 77.7 Å². The Bertz CT molecular complexity index is 2330. The van der Waals surface area contributed by atoms with Crippen LogP contribution >= 0.6 is 11.6 Å². The fourth-order valence-electron chi connectivity index (χ4n) is 6.45. The van der Waals surface area contributed by atoms with Crippen LogP contribution in [0.3, 0.4) is 0 Å². The summed E-state index contributed by atoms with van der Waals surface area (Å²) in [6, 6.07) is 9.85. The molecule has 2 N–H and O–H groups in total. The number of halogens is 3. The summed E-state index contributed by atoms with van der Waals surface area (Å²) in [5.74, 6) is -0.831. The highest BCUT2D eigenvalue weighted by Crippen LogP contribution is 2.29. The molecule has 5 aromatic rings. The number of benzene rings is 2. The van der Waals surface area contributed by atoms with Gasteiger partial charge < -0.3 is 29.5 Å². The van der Waals surface area contributed by atoms with Gasteiger partial charge in [0.25, 0.3) is 17.5 Å². The first-order valence-corrected chi connectivity index (χ1v) is 16.8. The number of carbonyl (C=O) groups is 2. The van der Waals surface area contributed by atoms with Gasteiger partial charge in [0.1, 0.15) is 18.6 Å². The predicted molar refractivity (Wildman–Crippen MR) is 187 cm³/mol. The second-order valence-electron chi connectivity index (χ2n) is 12.3. The summed E-state index contributed by atoms with van der Waals surface area (Å²) in [6.07, 6.45) is 0.331. The normalized spacial score (nSPS) is 14.1. The first kappa shape index (κ1) is 34.7. The molecule has 0 atom stereocenters. The zero-order valence-corrected chi connectivity index (χ0v) is 28.8. The van der Waals surface area contributed by atoms with Gasteiger partial charge in [0.05, 0.1) is 35.3 Å². The fourth-order valence-corrected chi connectivity index (χ4v) is 6.69. The van der Waals surface area contributed by atoms with Gasteiger partial charge in [-0.15, -0.1) is 5.10 Å². The molecule has 268 valence electrons. The number of ether oxygens (including phenoxy) is 1. The van der Waals surface area contributed by atoms with E-state index in [0.29, 0.717) is 42.7 Å². The molecule has 52 heavy (non-hydrogen) atoms. The van der Waals surface area contributed by atoms with E-state index in [4.69, 9.17) is 21.3 Å². The summed E-state index contributed by atoms with van der Waals surface area (Å²) >= 11 is 6.33. The minimum atomic E-state index is -1.88. The third-order valence-electron chi connectivity index (χ3n) is 9.08. The van der Waals surface area contributed by atoms with E-state index in [1.807, 2.05) is 30.0 Å². The van der Waals surface area contributed by atoms with Crippen LogP contribution in [0.15, 0.2) is 53.6 Å². The molecule has 3 aromatic heterocycles. The molecule has 14 nitrogen and oxygen atoms in total. The topological polar surface area (TPSA) is 160 Å². The molecule has 0 radical (unpaired) electrons. The van der Waals surface area contributed by atoms with Gasteiger partial charge in [-0.05, 0) is 48.2 Å². The van der Waals surface area contributed by atoms with Crippen molar-refractivity contribution in [3.63, 3.8) is 0 Å². The van der Waals surface area contributed by atoms with Crippen LogP contribution < -0.4 is 15.8 Å². The lowest BCUT2D eigenvalue weighted by molar-refractivity contribution is -0.116. The second-order valence-corrected chi connectivity index (χ2v) is 12.7. The number of rotatable bonds is 8. The lowest BCUT2D eigenvalue weighted by atomic mass is 10.1. The number of hydrogen-bond donors (Lipinski definition) is 2. The number of hydrogen-bond acceptors (Lipinski definition) is 10. The number of nitrogens with one attached hydrogen (secondary N) is 1. The molecular weight excluding hydrogens is 700 g/mol. The number of amides is 2. The highest BCUT2D eigenvalue weighted by Gasteiger charge is 2.30. The molecule has 1 fully saturated rings. The van der Waals surface area contributed by atoms with E-state index in [1.165, 1.54) is 29.0 Å². The van der Waals surface area contributed by atoms with E-state index < -0.39 is 23.5 Å². The number of aromatic hydroxyl groups is 1. The molecule has 0 unspecified atom stereocenters. The Morgan fingerprint density at radius 1 is 1.06 bits per heavy atom. The van der Waals surface area contributed by atoms with Crippen molar-refractivity contribution in [2.75, 3.05) is 36.4 Å². The average molecular weight is 732 g/mol. The van der Waals surface area contributed by atoms with Gasteiger partial charge in [-0.2, -0.15) is 18.3 Å². The van der Waals surface area contributed by atoms with E-state index in [9.17, 15) is 28.3 Å². The average Bonchev–Trinajstić information content (AvgIpc) is 3.79. The molecule has 17 heteroatoms. The molecule has 0 aliphatic carbocycles. The number of aromatic nitrogens is 6. The number of aryl methyl sites for hydroxylation is 1. The van der Waals surface area contributed by atoms with Crippen molar-refractivity contribution in [2.24, 2.45) is 0 Å². The lowest BCUT2D eigenvalue weighted by Crippen LogP contribution is -2.51. The smallest absolute Gasteiger partial charge is 0.299 e. The van der Waals surface area contributed by atoms with E-state index in [0.717, 1.165) is 11.1 Å². The molecule has 2 amide bonds. The number of carbonyl (C=O) groups excluding carboxylic acids is 2. The van der Waals surface area contributed by atoms with Crippen molar-refractivity contribution in [1.82, 2.24) is 34.0 Å². The van der Waals surface area contributed by atoms with Gasteiger partial charge >= 0.3 is 0 Å². The number of anilines is 2. The van der Waals surface area contributed by atoms with Gasteiger partial charge in [-0.25, -0.2) is 9.97 Å². The Kier molecular flexibility index (Phi) is 9.42. The molecule has 0 spiro atoms. The minimum Gasteiger partial charge on any atom is -0.504 e. The third kappa shape index (κ3) is 6.57. The summed E-state index contributed by atoms with van der Waals surface area (Å²) < 4.78 is 33.9. The molecular formula is C35H32ClF2N9O5. The molecule has 0 bridgehead atoms. The molecule has 2 aliphatic heterocycles. The molecule has 7 rings (SSSR count). The van der Waals surface area contributed by atoms with Crippen LogP contribution in [-0.4, -0.2) is 77.1 Å². The van der Waals surface area contributed by atoms with Crippen LogP contribution in [0.25, 0.3) is 23.2 Å². The molecule has 2 aromatic carbocycles.